The van der Waals surface area contributed by atoms with Crippen molar-refractivity contribution < 1.29 is 49.7 Å². The molecule has 4 aromatic carbocycles. The van der Waals surface area contributed by atoms with Crippen LogP contribution < -0.4 is 0 Å². The molecule has 0 aliphatic rings. The molecular formula is C42H52N2O10S2. The molecular weight excluding hydrogens is 757 g/mol. The van der Waals surface area contributed by atoms with Crippen molar-refractivity contribution in [2.75, 3.05) is 38.2 Å². The van der Waals surface area contributed by atoms with Crippen LogP contribution in [0.3, 0.4) is 0 Å². The SMILES string of the molecule is COC(=O)[C@H](CCSC)N=Cc1c(O)c(O)c(C(C)C)c2cc(C)c(-c3c(C)cc4c(C(C)C)c(O)c(O)c(C=N[C@@H](CCSC)C(=O)OC)c4c3O)c(O)c12. The Morgan fingerprint density at radius 1 is 0.625 bits per heavy atom. The minimum atomic E-state index is -0.925. The van der Waals surface area contributed by atoms with E-state index in [0.29, 0.717) is 57.4 Å². The van der Waals surface area contributed by atoms with E-state index in [2.05, 4.69) is 9.98 Å². The number of phenolic OH excluding ortho intramolecular Hbond substituents is 6. The first-order valence-electron chi connectivity index (χ1n) is 18.2. The van der Waals surface area contributed by atoms with Gasteiger partial charge >= 0.3 is 11.9 Å². The van der Waals surface area contributed by atoms with Crippen molar-refractivity contribution in [1.82, 2.24) is 0 Å². The normalized spacial score (nSPS) is 13.1. The van der Waals surface area contributed by atoms with Gasteiger partial charge in [0.05, 0.1) is 14.2 Å². The summed E-state index contributed by atoms with van der Waals surface area (Å²) in [5.41, 5.74) is 2.01. The highest BCUT2D eigenvalue weighted by Crippen LogP contribution is 2.54. The van der Waals surface area contributed by atoms with Gasteiger partial charge in [0.1, 0.15) is 23.6 Å². The van der Waals surface area contributed by atoms with Gasteiger partial charge in [0.15, 0.2) is 23.0 Å². The largest absolute Gasteiger partial charge is 0.507 e. The minimum absolute atomic E-state index is 0.0479. The van der Waals surface area contributed by atoms with E-state index in [0.717, 1.165) is 0 Å². The first-order valence-corrected chi connectivity index (χ1v) is 21.0. The number of ether oxygens (including phenoxy) is 2. The monoisotopic (exact) mass is 808 g/mol. The Bertz CT molecular complexity index is 2060. The number of carbonyl (C=O) groups excluding carboxylic acids is 2. The summed E-state index contributed by atoms with van der Waals surface area (Å²) in [5, 5.41) is 71.5. The second-order valence-corrected chi connectivity index (χ2v) is 16.2. The fourth-order valence-corrected chi connectivity index (χ4v) is 8.11. The topological polar surface area (TPSA) is 199 Å². The number of rotatable bonds is 15. The lowest BCUT2D eigenvalue weighted by Gasteiger charge is -2.23. The Morgan fingerprint density at radius 2 is 0.964 bits per heavy atom. The summed E-state index contributed by atoms with van der Waals surface area (Å²) in [6.07, 6.45) is 6.94. The van der Waals surface area contributed by atoms with Gasteiger partial charge in [-0.1, -0.05) is 39.8 Å². The van der Waals surface area contributed by atoms with Gasteiger partial charge in [-0.2, -0.15) is 23.5 Å². The average molecular weight is 809 g/mol. The molecule has 0 unspecified atom stereocenters. The van der Waals surface area contributed by atoms with E-state index < -0.39 is 47.0 Å². The highest BCUT2D eigenvalue weighted by molar-refractivity contribution is 7.98. The van der Waals surface area contributed by atoms with Crippen molar-refractivity contribution >= 4 is 69.4 Å². The molecule has 56 heavy (non-hydrogen) atoms. The van der Waals surface area contributed by atoms with Crippen LogP contribution in [0.2, 0.25) is 0 Å². The van der Waals surface area contributed by atoms with Crippen molar-refractivity contribution in [2.45, 2.75) is 78.3 Å². The summed E-state index contributed by atoms with van der Waals surface area (Å²) in [4.78, 5) is 34.2. The molecule has 12 nitrogen and oxygen atoms in total. The van der Waals surface area contributed by atoms with Gasteiger partial charge in [0, 0.05) is 56.6 Å². The van der Waals surface area contributed by atoms with E-state index in [1.54, 1.807) is 26.0 Å². The Morgan fingerprint density at radius 3 is 1.25 bits per heavy atom. The molecule has 0 radical (unpaired) electrons. The van der Waals surface area contributed by atoms with Crippen molar-refractivity contribution in [3.05, 3.63) is 45.5 Å². The molecule has 0 heterocycles. The van der Waals surface area contributed by atoms with E-state index in [1.807, 2.05) is 40.2 Å². The number of hydrogen-bond acceptors (Lipinski definition) is 14. The summed E-state index contributed by atoms with van der Waals surface area (Å²) >= 11 is 3.04. The van der Waals surface area contributed by atoms with Crippen LogP contribution in [0.25, 0.3) is 32.7 Å². The third-order valence-corrected chi connectivity index (χ3v) is 11.2. The van der Waals surface area contributed by atoms with Gasteiger partial charge < -0.3 is 40.1 Å². The number of hydrogen-bond donors (Lipinski definition) is 6. The molecule has 0 saturated carbocycles. The molecule has 14 heteroatoms. The molecule has 0 aliphatic heterocycles. The number of nitrogens with zero attached hydrogens (tertiary/aromatic N) is 2. The second kappa shape index (κ2) is 18.4. The number of aliphatic imine (C=N–C) groups is 2. The summed E-state index contributed by atoms with van der Waals surface area (Å²) in [6.45, 7) is 10.8. The van der Waals surface area contributed by atoms with Crippen molar-refractivity contribution in [3.63, 3.8) is 0 Å². The lowest BCUT2D eigenvalue weighted by atomic mass is 9.83. The minimum Gasteiger partial charge on any atom is -0.507 e. The van der Waals surface area contributed by atoms with Crippen LogP contribution in [0.5, 0.6) is 34.5 Å². The number of esters is 2. The maximum absolute atomic E-state index is 12.6. The van der Waals surface area contributed by atoms with Crippen LogP contribution in [-0.4, -0.2) is 105 Å². The van der Waals surface area contributed by atoms with Crippen molar-refractivity contribution in [2.24, 2.45) is 9.98 Å². The molecule has 2 atom stereocenters. The number of benzene rings is 4. The molecule has 6 N–H and O–H groups in total. The number of phenols is 6. The van der Waals surface area contributed by atoms with E-state index in [1.165, 1.54) is 50.2 Å². The van der Waals surface area contributed by atoms with Gasteiger partial charge in [0.2, 0.25) is 0 Å². The van der Waals surface area contributed by atoms with Crippen molar-refractivity contribution in [1.29, 1.82) is 0 Å². The van der Waals surface area contributed by atoms with Crippen LogP contribution in [0.1, 0.15) is 85.8 Å². The fourth-order valence-electron chi connectivity index (χ4n) is 7.19. The average Bonchev–Trinajstić information content (AvgIpc) is 3.14. The van der Waals surface area contributed by atoms with E-state index in [4.69, 9.17) is 9.47 Å². The third-order valence-electron chi connectivity index (χ3n) is 9.89. The maximum atomic E-state index is 12.6. The Kier molecular flexibility index (Phi) is 14.4. The smallest absolute Gasteiger partial charge is 0.330 e. The standard InChI is InChI=1S/C42H52N2O10S2/c1-19(2)29-23-15-21(5)31(37(47)33(23)25(35(45)39(29)49)17-43-27(11-13-55-9)41(51)53-7)32-22(6)16-24-30(20(3)4)40(50)36(46)26(34(24)38(32)48)18-44-28(12-14-56-10)42(52)54-8/h15-20,27-28,45-50H,11-14H2,1-10H3/t27-,28-/m0/s1. The summed E-state index contributed by atoms with van der Waals surface area (Å²) in [6, 6.07) is 1.64. The molecule has 0 aliphatic carbocycles. The summed E-state index contributed by atoms with van der Waals surface area (Å²) in [7, 11) is 2.51. The number of aromatic hydroxyl groups is 6. The Hall–Kier alpha value is -4.82. The summed E-state index contributed by atoms with van der Waals surface area (Å²) < 4.78 is 9.93. The van der Waals surface area contributed by atoms with Crippen LogP contribution in [0.15, 0.2) is 22.1 Å². The van der Waals surface area contributed by atoms with Crippen LogP contribution in [0, 0.1) is 13.8 Å². The zero-order chi connectivity index (χ0) is 41.8. The molecule has 302 valence electrons. The number of aryl methyl sites for hydroxylation is 2. The van der Waals surface area contributed by atoms with Gasteiger partial charge in [-0.3, -0.25) is 9.98 Å². The quantitative estimate of drug-likeness (QED) is 0.0383. The van der Waals surface area contributed by atoms with Gasteiger partial charge in [0.25, 0.3) is 0 Å². The van der Waals surface area contributed by atoms with E-state index in [9.17, 15) is 40.2 Å². The van der Waals surface area contributed by atoms with Crippen LogP contribution in [0.4, 0.5) is 0 Å². The fraction of sp³-hybridized carbons (Fsp3) is 0.429. The zero-order valence-corrected chi connectivity index (χ0v) is 35.1. The predicted octanol–water partition coefficient (Wildman–Crippen LogP) is 8.18. The zero-order valence-electron chi connectivity index (χ0n) is 33.5. The molecule has 0 fully saturated rings. The number of fused-ring (bicyclic) bond motifs is 2. The van der Waals surface area contributed by atoms with E-state index >= 15 is 0 Å². The maximum Gasteiger partial charge on any atom is 0.330 e. The van der Waals surface area contributed by atoms with Gasteiger partial charge in [-0.05, 0) is 84.4 Å². The first kappa shape index (κ1) is 43.9. The molecule has 0 amide bonds. The first-order chi connectivity index (χ1) is 26.5. The highest BCUT2D eigenvalue weighted by atomic mass is 32.2. The second-order valence-electron chi connectivity index (χ2n) is 14.2. The Labute approximate surface area is 335 Å². The highest BCUT2D eigenvalue weighted by Gasteiger charge is 2.30. The van der Waals surface area contributed by atoms with Gasteiger partial charge in [-0.25, -0.2) is 9.59 Å². The number of thioether (sulfide) groups is 2. The van der Waals surface area contributed by atoms with Crippen LogP contribution in [-0.2, 0) is 19.1 Å². The van der Waals surface area contributed by atoms with Gasteiger partial charge in [-0.15, -0.1) is 0 Å². The third kappa shape index (κ3) is 8.31. The predicted molar refractivity (Wildman–Crippen MR) is 227 cm³/mol. The Balaban J connectivity index is 2.18. The lowest BCUT2D eigenvalue weighted by molar-refractivity contribution is -0.142. The van der Waals surface area contributed by atoms with Crippen LogP contribution >= 0.6 is 23.5 Å². The molecule has 0 saturated heterocycles. The number of methoxy groups -OCH3 is 2. The molecule has 4 aromatic rings. The van der Waals surface area contributed by atoms with E-state index in [-0.39, 0.29) is 56.4 Å². The molecule has 0 spiro atoms. The molecule has 0 bridgehead atoms. The number of carbonyl (C=O) groups is 2. The molecule has 4 rings (SSSR count). The molecule has 0 aromatic heterocycles. The summed E-state index contributed by atoms with van der Waals surface area (Å²) in [5.74, 6) is -3.19. The lowest BCUT2D eigenvalue weighted by Crippen LogP contribution is -2.21. The van der Waals surface area contributed by atoms with Crippen molar-refractivity contribution in [3.8, 4) is 45.6 Å².